The van der Waals surface area contributed by atoms with Crippen LogP contribution in [0.1, 0.15) is 33.1 Å². The zero-order valence-electron chi connectivity index (χ0n) is 10.1. The second-order valence-corrected chi connectivity index (χ2v) is 3.70. The summed E-state index contributed by atoms with van der Waals surface area (Å²) in [6.45, 7) is 6.51. The molecule has 0 aliphatic heterocycles. The molecule has 0 rings (SSSR count). The minimum Gasteiger partial charge on any atom is -0.380 e. The number of ether oxygens (including phenoxy) is 1. The maximum absolute atomic E-state index is 11.0. The van der Waals surface area contributed by atoms with Crippen molar-refractivity contribution in [1.82, 2.24) is 10.6 Å². The van der Waals surface area contributed by atoms with Crippen molar-refractivity contribution in [3.05, 3.63) is 0 Å². The summed E-state index contributed by atoms with van der Waals surface area (Å²) in [5, 5.41) is 5.84. The van der Waals surface area contributed by atoms with Crippen LogP contribution in [0, 0.1) is 0 Å². The lowest BCUT2D eigenvalue weighted by molar-refractivity contribution is -0.121. The van der Waals surface area contributed by atoms with E-state index in [0.29, 0.717) is 6.42 Å². The molecule has 2 N–H and O–H groups in total. The molecule has 0 aromatic rings. The van der Waals surface area contributed by atoms with Crippen molar-refractivity contribution in [3.63, 3.8) is 0 Å². The first-order chi connectivity index (χ1) is 7.20. The van der Waals surface area contributed by atoms with Gasteiger partial charge in [0.05, 0.1) is 6.61 Å². The molecule has 4 heteroatoms. The number of carbonyl (C=O) groups is 1. The Bertz CT molecular complexity index is 163. The minimum atomic E-state index is 0.0712. The third-order valence-corrected chi connectivity index (χ3v) is 2.15. The van der Waals surface area contributed by atoms with Crippen molar-refractivity contribution < 1.29 is 9.53 Å². The smallest absolute Gasteiger partial charge is 0.221 e. The van der Waals surface area contributed by atoms with Gasteiger partial charge in [-0.3, -0.25) is 4.79 Å². The molecule has 1 amide bonds. The van der Waals surface area contributed by atoms with Gasteiger partial charge in [0, 0.05) is 32.7 Å². The van der Waals surface area contributed by atoms with Crippen molar-refractivity contribution in [2.24, 2.45) is 0 Å². The summed E-state index contributed by atoms with van der Waals surface area (Å²) in [7, 11) is 1.66. The van der Waals surface area contributed by atoms with Crippen LogP contribution in [0.15, 0.2) is 0 Å². The molecule has 0 aromatic heterocycles. The van der Waals surface area contributed by atoms with E-state index >= 15 is 0 Å². The second kappa shape index (κ2) is 9.93. The molecule has 0 aromatic carbocycles. The number of unbranched alkanes of at least 4 members (excludes halogenated alkanes) is 1. The Balaban J connectivity index is 3.23. The molecule has 1 atom stereocenters. The van der Waals surface area contributed by atoms with Gasteiger partial charge in [0.1, 0.15) is 0 Å². The first-order valence-corrected chi connectivity index (χ1v) is 5.72. The number of hydrogen-bond donors (Lipinski definition) is 2. The van der Waals surface area contributed by atoms with Gasteiger partial charge in [-0.1, -0.05) is 13.3 Å². The lowest BCUT2D eigenvalue weighted by atomic mass is 10.2. The van der Waals surface area contributed by atoms with Gasteiger partial charge in [-0.2, -0.15) is 0 Å². The Morgan fingerprint density at radius 1 is 1.40 bits per heavy atom. The molecule has 0 heterocycles. The average Bonchev–Trinajstić information content (AvgIpc) is 2.23. The fraction of sp³-hybridized carbons (Fsp3) is 0.909. The van der Waals surface area contributed by atoms with E-state index in [9.17, 15) is 4.79 Å². The van der Waals surface area contributed by atoms with Crippen molar-refractivity contribution in [1.29, 1.82) is 0 Å². The van der Waals surface area contributed by atoms with Gasteiger partial charge < -0.3 is 15.4 Å². The minimum absolute atomic E-state index is 0.0712. The molecule has 0 aliphatic carbocycles. The van der Waals surface area contributed by atoms with Gasteiger partial charge in [0.2, 0.25) is 5.91 Å². The molecular formula is C11H24N2O2. The van der Waals surface area contributed by atoms with Crippen LogP contribution in [-0.4, -0.2) is 38.8 Å². The number of rotatable bonds is 9. The Morgan fingerprint density at radius 3 is 2.73 bits per heavy atom. The Labute approximate surface area is 92.8 Å². The van der Waals surface area contributed by atoms with Crippen molar-refractivity contribution in [2.45, 2.75) is 39.2 Å². The number of nitrogens with one attached hydrogen (secondary N) is 2. The standard InChI is InChI=1S/C11H24N2O2/c1-4-5-7-15-8-6-13-10(2)9-11(14)12-3/h10,13H,4-9H2,1-3H3,(H,12,14). The molecular weight excluding hydrogens is 192 g/mol. The highest BCUT2D eigenvalue weighted by Gasteiger charge is 2.05. The maximum Gasteiger partial charge on any atom is 0.221 e. The van der Waals surface area contributed by atoms with Gasteiger partial charge in [-0.05, 0) is 13.3 Å². The van der Waals surface area contributed by atoms with E-state index in [1.54, 1.807) is 7.05 Å². The summed E-state index contributed by atoms with van der Waals surface area (Å²) in [5.41, 5.74) is 0. The second-order valence-electron chi connectivity index (χ2n) is 3.70. The normalized spacial score (nSPS) is 12.5. The molecule has 0 radical (unpaired) electrons. The third kappa shape index (κ3) is 9.69. The van der Waals surface area contributed by atoms with Gasteiger partial charge in [-0.15, -0.1) is 0 Å². The van der Waals surface area contributed by atoms with Crippen LogP contribution in [0.4, 0.5) is 0 Å². The number of carbonyl (C=O) groups excluding carboxylic acids is 1. The van der Waals surface area contributed by atoms with Gasteiger partial charge in [-0.25, -0.2) is 0 Å². The van der Waals surface area contributed by atoms with Crippen LogP contribution in [-0.2, 0) is 9.53 Å². The summed E-state index contributed by atoms with van der Waals surface area (Å²) in [4.78, 5) is 11.0. The Hall–Kier alpha value is -0.610. The molecule has 1 unspecified atom stereocenters. The molecule has 0 saturated heterocycles. The Morgan fingerprint density at radius 2 is 2.13 bits per heavy atom. The number of amides is 1. The molecule has 90 valence electrons. The summed E-state index contributed by atoms with van der Waals surface area (Å²) >= 11 is 0. The van der Waals surface area contributed by atoms with E-state index in [0.717, 1.165) is 26.2 Å². The molecule has 0 aliphatic rings. The lowest BCUT2D eigenvalue weighted by Gasteiger charge is -2.12. The van der Waals surface area contributed by atoms with Gasteiger partial charge in [0.15, 0.2) is 0 Å². The maximum atomic E-state index is 11.0. The van der Waals surface area contributed by atoms with Crippen LogP contribution in [0.3, 0.4) is 0 Å². The highest BCUT2D eigenvalue weighted by Crippen LogP contribution is 1.90. The SMILES string of the molecule is CCCCOCCNC(C)CC(=O)NC. The van der Waals surface area contributed by atoms with Crippen molar-refractivity contribution in [2.75, 3.05) is 26.8 Å². The van der Waals surface area contributed by atoms with Crippen molar-refractivity contribution >= 4 is 5.91 Å². The fourth-order valence-electron chi connectivity index (χ4n) is 1.18. The summed E-state index contributed by atoms with van der Waals surface area (Å²) < 4.78 is 5.39. The third-order valence-electron chi connectivity index (χ3n) is 2.15. The largest absolute Gasteiger partial charge is 0.380 e. The summed E-state index contributed by atoms with van der Waals surface area (Å²) in [6, 6.07) is 0.208. The Kier molecular flexibility index (Phi) is 9.52. The number of hydrogen-bond acceptors (Lipinski definition) is 3. The average molecular weight is 216 g/mol. The van der Waals surface area contributed by atoms with E-state index in [4.69, 9.17) is 4.74 Å². The summed E-state index contributed by atoms with van der Waals surface area (Å²) in [5.74, 6) is 0.0712. The molecule has 0 fully saturated rings. The molecule has 0 bridgehead atoms. The van der Waals surface area contributed by atoms with E-state index in [1.165, 1.54) is 6.42 Å². The van der Waals surface area contributed by atoms with Gasteiger partial charge in [0.25, 0.3) is 0 Å². The van der Waals surface area contributed by atoms with E-state index in [2.05, 4.69) is 17.6 Å². The lowest BCUT2D eigenvalue weighted by Crippen LogP contribution is -2.34. The van der Waals surface area contributed by atoms with Crippen LogP contribution in [0.25, 0.3) is 0 Å². The highest BCUT2D eigenvalue weighted by atomic mass is 16.5. The molecule has 0 spiro atoms. The quantitative estimate of drug-likeness (QED) is 0.563. The summed E-state index contributed by atoms with van der Waals surface area (Å²) in [6.07, 6.45) is 2.81. The highest BCUT2D eigenvalue weighted by molar-refractivity contribution is 5.76. The van der Waals surface area contributed by atoms with Crippen LogP contribution >= 0.6 is 0 Å². The molecule has 4 nitrogen and oxygen atoms in total. The molecule has 0 saturated carbocycles. The van der Waals surface area contributed by atoms with Crippen LogP contribution in [0.2, 0.25) is 0 Å². The van der Waals surface area contributed by atoms with E-state index in [-0.39, 0.29) is 11.9 Å². The first kappa shape index (κ1) is 14.4. The predicted molar refractivity (Wildman–Crippen MR) is 61.9 cm³/mol. The van der Waals surface area contributed by atoms with Crippen LogP contribution < -0.4 is 10.6 Å². The zero-order chi connectivity index (χ0) is 11.5. The fourth-order valence-corrected chi connectivity index (χ4v) is 1.18. The van der Waals surface area contributed by atoms with Gasteiger partial charge >= 0.3 is 0 Å². The van der Waals surface area contributed by atoms with E-state index in [1.807, 2.05) is 6.92 Å². The van der Waals surface area contributed by atoms with E-state index < -0.39 is 0 Å². The topological polar surface area (TPSA) is 50.4 Å². The molecule has 15 heavy (non-hydrogen) atoms. The first-order valence-electron chi connectivity index (χ1n) is 5.72. The van der Waals surface area contributed by atoms with Crippen molar-refractivity contribution in [3.8, 4) is 0 Å². The predicted octanol–water partition coefficient (Wildman–Crippen LogP) is 0.917. The van der Waals surface area contributed by atoms with Crippen LogP contribution in [0.5, 0.6) is 0 Å². The zero-order valence-corrected chi connectivity index (χ0v) is 10.1. The monoisotopic (exact) mass is 216 g/mol.